The van der Waals surface area contributed by atoms with Gasteiger partial charge in [0.15, 0.2) is 0 Å². The van der Waals surface area contributed by atoms with E-state index in [1.54, 1.807) is 19.1 Å². The number of primary sulfonamides is 1. The number of carbonyl (C=O) groups is 1. The number of hydrogen-bond donors (Lipinski definition) is 3. The second-order valence-corrected chi connectivity index (χ2v) is 5.86. The molecule has 0 aliphatic rings. The van der Waals surface area contributed by atoms with Gasteiger partial charge in [0.2, 0.25) is 10.0 Å². The van der Waals surface area contributed by atoms with Crippen LogP contribution in [-0.2, 0) is 14.8 Å². The quantitative estimate of drug-likeness (QED) is 0.718. The number of rotatable bonds is 6. The van der Waals surface area contributed by atoms with Crippen molar-refractivity contribution in [2.45, 2.75) is 37.2 Å². The van der Waals surface area contributed by atoms with Gasteiger partial charge in [0.1, 0.15) is 6.04 Å². The van der Waals surface area contributed by atoms with Crippen LogP contribution in [0.2, 0.25) is 0 Å². The van der Waals surface area contributed by atoms with Gasteiger partial charge in [-0.2, -0.15) is 0 Å². The Bertz CT molecular complexity index is 539. The molecule has 2 atom stereocenters. The van der Waals surface area contributed by atoms with E-state index in [9.17, 15) is 13.2 Å². The SMILES string of the molecule is CCC(NC(C)c1ccc(S(N)(=O)=O)cc1)C(=O)O. The van der Waals surface area contributed by atoms with Crippen LogP contribution in [0.1, 0.15) is 31.9 Å². The zero-order valence-electron chi connectivity index (χ0n) is 10.8. The maximum Gasteiger partial charge on any atom is 0.320 e. The second-order valence-electron chi connectivity index (χ2n) is 4.30. The highest BCUT2D eigenvalue weighted by Gasteiger charge is 2.18. The molecule has 0 fully saturated rings. The zero-order valence-corrected chi connectivity index (χ0v) is 11.6. The van der Waals surface area contributed by atoms with Crippen molar-refractivity contribution in [1.29, 1.82) is 0 Å². The van der Waals surface area contributed by atoms with Crippen LogP contribution in [0.3, 0.4) is 0 Å². The molecule has 0 amide bonds. The number of nitrogens with two attached hydrogens (primary N) is 1. The van der Waals surface area contributed by atoms with Crippen LogP contribution in [0.25, 0.3) is 0 Å². The number of aliphatic carboxylic acids is 1. The Morgan fingerprint density at radius 3 is 2.26 bits per heavy atom. The predicted molar refractivity (Wildman–Crippen MR) is 71.1 cm³/mol. The maximum absolute atomic E-state index is 11.1. The van der Waals surface area contributed by atoms with E-state index in [4.69, 9.17) is 10.2 Å². The van der Waals surface area contributed by atoms with Crippen LogP contribution < -0.4 is 10.5 Å². The Morgan fingerprint density at radius 2 is 1.89 bits per heavy atom. The van der Waals surface area contributed by atoms with Gasteiger partial charge < -0.3 is 5.11 Å². The number of benzene rings is 1. The van der Waals surface area contributed by atoms with Gasteiger partial charge in [0.05, 0.1) is 4.90 Å². The molecule has 0 aliphatic carbocycles. The molecule has 0 aromatic heterocycles. The lowest BCUT2D eigenvalue weighted by Gasteiger charge is -2.19. The normalized spacial score (nSPS) is 14.9. The van der Waals surface area contributed by atoms with E-state index in [0.29, 0.717) is 6.42 Å². The lowest BCUT2D eigenvalue weighted by molar-refractivity contribution is -0.139. The van der Waals surface area contributed by atoms with E-state index in [2.05, 4.69) is 5.32 Å². The smallest absolute Gasteiger partial charge is 0.320 e. The van der Waals surface area contributed by atoms with Crippen LogP contribution >= 0.6 is 0 Å². The molecule has 0 bridgehead atoms. The molecule has 0 saturated heterocycles. The minimum atomic E-state index is -3.70. The summed E-state index contributed by atoms with van der Waals surface area (Å²) in [6.45, 7) is 3.60. The van der Waals surface area contributed by atoms with E-state index in [1.807, 2.05) is 6.92 Å². The largest absolute Gasteiger partial charge is 0.480 e. The summed E-state index contributed by atoms with van der Waals surface area (Å²) in [6, 6.07) is 5.22. The first-order valence-electron chi connectivity index (χ1n) is 5.87. The van der Waals surface area contributed by atoms with Crippen molar-refractivity contribution in [2.24, 2.45) is 5.14 Å². The fourth-order valence-corrected chi connectivity index (χ4v) is 2.22. The minimum absolute atomic E-state index is 0.0359. The summed E-state index contributed by atoms with van der Waals surface area (Å²) in [5.74, 6) is -0.907. The molecule has 0 spiro atoms. The molecule has 0 aliphatic heterocycles. The first-order valence-corrected chi connectivity index (χ1v) is 7.42. The van der Waals surface area contributed by atoms with E-state index in [0.717, 1.165) is 5.56 Å². The van der Waals surface area contributed by atoms with Crippen molar-refractivity contribution in [3.8, 4) is 0 Å². The third-order valence-corrected chi connectivity index (χ3v) is 3.80. The molecule has 1 aromatic rings. The maximum atomic E-state index is 11.1. The van der Waals surface area contributed by atoms with Crippen LogP contribution in [0.4, 0.5) is 0 Å². The van der Waals surface area contributed by atoms with Crippen molar-refractivity contribution in [3.63, 3.8) is 0 Å². The van der Waals surface area contributed by atoms with Crippen molar-refractivity contribution in [1.82, 2.24) is 5.32 Å². The predicted octanol–water partition coefficient (Wildman–Crippen LogP) is 0.848. The van der Waals surface area contributed by atoms with Crippen LogP contribution in [0.15, 0.2) is 29.2 Å². The summed E-state index contributed by atoms with van der Waals surface area (Å²) in [5.41, 5.74) is 0.798. The van der Waals surface area contributed by atoms with Gasteiger partial charge in [-0.1, -0.05) is 19.1 Å². The molecule has 0 radical (unpaired) electrons. The molecule has 1 aromatic carbocycles. The lowest BCUT2D eigenvalue weighted by atomic mass is 10.1. The molecule has 7 heteroatoms. The molecule has 2 unspecified atom stereocenters. The topological polar surface area (TPSA) is 109 Å². The van der Waals surface area contributed by atoms with Gasteiger partial charge in [0.25, 0.3) is 0 Å². The molecular formula is C12H18N2O4S. The summed E-state index contributed by atoms with van der Waals surface area (Å²) in [7, 11) is -3.70. The lowest BCUT2D eigenvalue weighted by Crippen LogP contribution is -2.37. The van der Waals surface area contributed by atoms with E-state index < -0.39 is 22.0 Å². The summed E-state index contributed by atoms with van der Waals surface area (Å²) in [6.07, 6.45) is 0.467. The van der Waals surface area contributed by atoms with E-state index in [-0.39, 0.29) is 10.9 Å². The summed E-state index contributed by atoms with van der Waals surface area (Å²) in [5, 5.41) is 16.9. The van der Waals surface area contributed by atoms with Gasteiger partial charge in [-0.3, -0.25) is 10.1 Å². The van der Waals surface area contributed by atoms with Crippen LogP contribution in [0, 0.1) is 0 Å². The van der Waals surface area contributed by atoms with E-state index in [1.165, 1.54) is 12.1 Å². The van der Waals surface area contributed by atoms with Crippen LogP contribution in [0.5, 0.6) is 0 Å². The zero-order chi connectivity index (χ0) is 14.6. The second kappa shape index (κ2) is 6.14. The molecule has 106 valence electrons. The molecule has 1 rings (SSSR count). The van der Waals surface area contributed by atoms with Gasteiger partial charge in [-0.25, -0.2) is 13.6 Å². The Morgan fingerprint density at radius 1 is 1.37 bits per heavy atom. The minimum Gasteiger partial charge on any atom is -0.480 e. The Hall–Kier alpha value is -1.44. The molecule has 0 heterocycles. The summed E-state index contributed by atoms with van der Waals surface area (Å²) in [4.78, 5) is 11.0. The average Bonchev–Trinajstić information content (AvgIpc) is 2.34. The first kappa shape index (κ1) is 15.6. The van der Waals surface area contributed by atoms with Gasteiger partial charge >= 0.3 is 5.97 Å². The van der Waals surface area contributed by atoms with Crippen molar-refractivity contribution >= 4 is 16.0 Å². The van der Waals surface area contributed by atoms with Crippen molar-refractivity contribution < 1.29 is 18.3 Å². The number of sulfonamides is 1. The third-order valence-electron chi connectivity index (χ3n) is 2.87. The average molecular weight is 286 g/mol. The summed E-state index contributed by atoms with van der Waals surface area (Å²) >= 11 is 0. The number of nitrogens with one attached hydrogen (secondary N) is 1. The fraction of sp³-hybridized carbons (Fsp3) is 0.417. The third kappa shape index (κ3) is 4.30. The highest BCUT2D eigenvalue weighted by atomic mass is 32.2. The highest BCUT2D eigenvalue weighted by molar-refractivity contribution is 7.89. The highest BCUT2D eigenvalue weighted by Crippen LogP contribution is 2.16. The molecule has 19 heavy (non-hydrogen) atoms. The number of carboxylic acid groups (broad SMARTS) is 1. The number of hydrogen-bond acceptors (Lipinski definition) is 4. The molecule has 4 N–H and O–H groups in total. The monoisotopic (exact) mass is 286 g/mol. The standard InChI is InChI=1S/C12H18N2O4S/c1-3-11(12(15)16)14-8(2)9-4-6-10(7-5-9)19(13,17)18/h4-8,11,14H,3H2,1-2H3,(H,15,16)(H2,13,17,18). The van der Waals surface area contributed by atoms with E-state index >= 15 is 0 Å². The van der Waals surface area contributed by atoms with Crippen LogP contribution in [-0.4, -0.2) is 25.5 Å². The van der Waals surface area contributed by atoms with Gasteiger partial charge in [0, 0.05) is 6.04 Å². The summed E-state index contributed by atoms with van der Waals surface area (Å²) < 4.78 is 22.2. The van der Waals surface area contributed by atoms with Crippen molar-refractivity contribution in [2.75, 3.05) is 0 Å². The van der Waals surface area contributed by atoms with Gasteiger partial charge in [-0.15, -0.1) is 0 Å². The fourth-order valence-electron chi connectivity index (χ4n) is 1.71. The first-order chi connectivity index (χ1) is 8.75. The molecule has 6 nitrogen and oxygen atoms in total. The van der Waals surface area contributed by atoms with Crippen molar-refractivity contribution in [3.05, 3.63) is 29.8 Å². The number of carboxylic acids is 1. The molecular weight excluding hydrogens is 268 g/mol. The Kier molecular flexibility index (Phi) is 5.04. The molecule has 0 saturated carbocycles. The Balaban J connectivity index is 2.84. The Labute approximate surface area is 112 Å². The van der Waals surface area contributed by atoms with Gasteiger partial charge in [-0.05, 0) is 31.0 Å².